The number of hydrogen-bond donors (Lipinski definition) is 2. The molecule has 0 radical (unpaired) electrons. The first-order valence-electron chi connectivity index (χ1n) is 9.06. The van der Waals surface area contributed by atoms with Crippen molar-refractivity contribution < 1.29 is 22.7 Å². The first-order chi connectivity index (χ1) is 13.3. The molecule has 1 saturated heterocycles. The molecule has 0 bridgehead atoms. The summed E-state index contributed by atoms with van der Waals surface area (Å²) in [6, 6.07) is 5.47. The van der Waals surface area contributed by atoms with Crippen molar-refractivity contribution in [2.24, 2.45) is 7.05 Å². The van der Waals surface area contributed by atoms with Crippen LogP contribution >= 0.6 is 0 Å². The van der Waals surface area contributed by atoms with Gasteiger partial charge in [0, 0.05) is 19.4 Å². The number of rotatable bonds is 6. The van der Waals surface area contributed by atoms with Gasteiger partial charge in [-0.25, -0.2) is 4.68 Å². The van der Waals surface area contributed by atoms with Crippen molar-refractivity contribution >= 4 is 11.9 Å². The van der Waals surface area contributed by atoms with Crippen LogP contribution in [0.1, 0.15) is 36.6 Å². The van der Waals surface area contributed by atoms with E-state index in [0.717, 1.165) is 37.3 Å². The van der Waals surface area contributed by atoms with Crippen LogP contribution in [0.25, 0.3) is 0 Å². The second-order valence-corrected chi connectivity index (χ2v) is 6.68. The van der Waals surface area contributed by atoms with Crippen LogP contribution in [0.5, 0.6) is 5.75 Å². The first-order valence-corrected chi connectivity index (χ1v) is 9.06. The topological polar surface area (TPSA) is 81.1 Å². The van der Waals surface area contributed by atoms with Crippen LogP contribution in [-0.4, -0.2) is 40.1 Å². The maximum Gasteiger partial charge on any atom is 0.573 e. The third kappa shape index (κ3) is 5.69. The summed E-state index contributed by atoms with van der Waals surface area (Å²) >= 11 is 0. The van der Waals surface area contributed by atoms with E-state index in [1.54, 1.807) is 11.7 Å². The number of aromatic nitrogens is 3. The Bertz CT molecular complexity index is 799. The lowest BCUT2D eigenvalue weighted by Crippen LogP contribution is -2.27. The summed E-state index contributed by atoms with van der Waals surface area (Å²) in [6.07, 6.45) is -2.23. The Morgan fingerprint density at radius 3 is 2.61 bits per heavy atom. The number of anilines is 1. The summed E-state index contributed by atoms with van der Waals surface area (Å²) in [5.74, 6) is 0.899. The molecular formula is C18H22F3N5O2. The number of amides is 1. The van der Waals surface area contributed by atoms with E-state index in [-0.39, 0.29) is 24.0 Å². The largest absolute Gasteiger partial charge is 0.573 e. The van der Waals surface area contributed by atoms with E-state index in [4.69, 9.17) is 0 Å². The van der Waals surface area contributed by atoms with Gasteiger partial charge in [-0.1, -0.05) is 12.1 Å². The van der Waals surface area contributed by atoms with Gasteiger partial charge < -0.3 is 10.1 Å². The minimum atomic E-state index is -4.72. The fourth-order valence-electron chi connectivity index (χ4n) is 3.07. The molecule has 1 aromatic carbocycles. The molecule has 0 aliphatic carbocycles. The molecule has 2 aromatic rings. The predicted molar refractivity (Wildman–Crippen MR) is 95.9 cm³/mol. The fraction of sp³-hybridized carbons (Fsp3) is 0.500. The number of benzene rings is 1. The Morgan fingerprint density at radius 1 is 1.29 bits per heavy atom. The van der Waals surface area contributed by atoms with E-state index in [2.05, 4.69) is 25.5 Å². The lowest BCUT2D eigenvalue weighted by atomic mass is 9.98. The van der Waals surface area contributed by atoms with Gasteiger partial charge in [-0.05, 0) is 50.0 Å². The highest BCUT2D eigenvalue weighted by atomic mass is 19.4. The van der Waals surface area contributed by atoms with E-state index < -0.39 is 6.36 Å². The minimum absolute atomic E-state index is 0.176. The molecular weight excluding hydrogens is 375 g/mol. The van der Waals surface area contributed by atoms with Crippen molar-refractivity contribution in [2.75, 3.05) is 18.4 Å². The van der Waals surface area contributed by atoms with Gasteiger partial charge in [0.25, 0.3) is 0 Å². The van der Waals surface area contributed by atoms with Crippen LogP contribution in [-0.2, 0) is 18.3 Å². The number of carbonyl (C=O) groups is 1. The Kier molecular flexibility index (Phi) is 6.18. The first kappa shape index (κ1) is 20.1. The van der Waals surface area contributed by atoms with Gasteiger partial charge in [0.15, 0.2) is 5.82 Å². The number of aryl methyl sites for hydroxylation is 2. The summed E-state index contributed by atoms with van der Waals surface area (Å²) in [6.45, 7) is 1.86. The van der Waals surface area contributed by atoms with Crippen LogP contribution in [0.15, 0.2) is 24.3 Å². The lowest BCUT2D eigenvalue weighted by Gasteiger charge is -2.19. The number of ether oxygens (including phenoxy) is 1. The summed E-state index contributed by atoms with van der Waals surface area (Å²) in [4.78, 5) is 16.6. The molecule has 1 aliphatic heterocycles. The Balaban J connectivity index is 1.51. The molecule has 10 heteroatoms. The summed E-state index contributed by atoms with van der Waals surface area (Å²) in [7, 11) is 1.73. The Hall–Kier alpha value is -2.62. The van der Waals surface area contributed by atoms with Crippen LogP contribution in [0.2, 0.25) is 0 Å². The standard InChI is InChI=1S/C18H22F3N5O2/c1-26-17(24-16(25-26)13-8-10-22-11-9-13)23-15(27)7-4-12-2-5-14(6-3-12)28-18(19,20)21/h2-3,5-6,13,22H,4,7-11H2,1H3,(H,23,24,25,27). The Labute approximate surface area is 160 Å². The van der Waals surface area contributed by atoms with Crippen molar-refractivity contribution in [2.45, 2.75) is 38.0 Å². The van der Waals surface area contributed by atoms with Crippen molar-refractivity contribution in [3.8, 4) is 5.75 Å². The molecule has 1 fully saturated rings. The van der Waals surface area contributed by atoms with Gasteiger partial charge in [0.05, 0.1) is 0 Å². The number of halogens is 3. The molecule has 28 heavy (non-hydrogen) atoms. The highest BCUT2D eigenvalue weighted by Gasteiger charge is 2.31. The normalized spacial score (nSPS) is 15.4. The van der Waals surface area contributed by atoms with E-state index in [9.17, 15) is 18.0 Å². The van der Waals surface area contributed by atoms with Gasteiger partial charge >= 0.3 is 6.36 Å². The molecule has 152 valence electrons. The van der Waals surface area contributed by atoms with Crippen LogP contribution in [0.3, 0.4) is 0 Å². The van der Waals surface area contributed by atoms with Crippen LogP contribution in [0.4, 0.5) is 19.1 Å². The highest BCUT2D eigenvalue weighted by Crippen LogP contribution is 2.24. The highest BCUT2D eigenvalue weighted by molar-refractivity contribution is 5.89. The van der Waals surface area contributed by atoms with Crippen molar-refractivity contribution in [3.63, 3.8) is 0 Å². The molecule has 0 unspecified atom stereocenters. The molecule has 0 atom stereocenters. The molecule has 0 saturated carbocycles. The molecule has 0 spiro atoms. The van der Waals surface area contributed by atoms with E-state index in [1.165, 1.54) is 24.3 Å². The number of nitrogens with one attached hydrogen (secondary N) is 2. The average Bonchev–Trinajstić information content (AvgIpc) is 3.01. The molecule has 1 amide bonds. The molecule has 3 rings (SSSR count). The van der Waals surface area contributed by atoms with Crippen molar-refractivity contribution in [3.05, 3.63) is 35.7 Å². The predicted octanol–water partition coefficient (Wildman–Crippen LogP) is 2.75. The summed E-state index contributed by atoms with van der Waals surface area (Å²) < 4.78 is 41.9. The summed E-state index contributed by atoms with van der Waals surface area (Å²) in [5.41, 5.74) is 0.734. The van der Waals surface area contributed by atoms with E-state index >= 15 is 0 Å². The third-order valence-corrected chi connectivity index (χ3v) is 4.53. The van der Waals surface area contributed by atoms with Gasteiger partial charge in [-0.3, -0.25) is 10.1 Å². The Morgan fingerprint density at radius 2 is 1.96 bits per heavy atom. The maximum atomic E-state index is 12.2. The zero-order chi connectivity index (χ0) is 20.1. The molecule has 7 nitrogen and oxygen atoms in total. The van der Waals surface area contributed by atoms with Crippen molar-refractivity contribution in [1.82, 2.24) is 20.1 Å². The van der Waals surface area contributed by atoms with E-state index in [1.807, 2.05) is 0 Å². The zero-order valence-electron chi connectivity index (χ0n) is 15.4. The maximum absolute atomic E-state index is 12.2. The van der Waals surface area contributed by atoms with Gasteiger partial charge in [-0.15, -0.1) is 13.2 Å². The average molecular weight is 397 g/mol. The minimum Gasteiger partial charge on any atom is -0.406 e. The number of carbonyl (C=O) groups excluding carboxylic acids is 1. The monoisotopic (exact) mass is 397 g/mol. The molecule has 1 aliphatic rings. The molecule has 1 aromatic heterocycles. The van der Waals surface area contributed by atoms with Gasteiger partial charge in [0.1, 0.15) is 5.75 Å². The third-order valence-electron chi connectivity index (χ3n) is 4.53. The van der Waals surface area contributed by atoms with Crippen LogP contribution < -0.4 is 15.4 Å². The van der Waals surface area contributed by atoms with Crippen molar-refractivity contribution in [1.29, 1.82) is 0 Å². The quantitative estimate of drug-likeness (QED) is 0.784. The smallest absolute Gasteiger partial charge is 0.406 e. The van der Waals surface area contributed by atoms with Gasteiger partial charge in [-0.2, -0.15) is 10.1 Å². The second-order valence-electron chi connectivity index (χ2n) is 6.68. The number of alkyl halides is 3. The SMILES string of the molecule is Cn1nc(C2CCNCC2)nc1NC(=O)CCc1ccc(OC(F)(F)F)cc1. The van der Waals surface area contributed by atoms with Crippen LogP contribution in [0, 0.1) is 0 Å². The number of piperidine rings is 1. The summed E-state index contributed by atoms with van der Waals surface area (Å²) in [5, 5.41) is 10.4. The molecule has 2 N–H and O–H groups in total. The number of hydrogen-bond acceptors (Lipinski definition) is 5. The van der Waals surface area contributed by atoms with Gasteiger partial charge in [0.2, 0.25) is 11.9 Å². The molecule has 2 heterocycles. The fourth-order valence-corrected chi connectivity index (χ4v) is 3.07. The lowest BCUT2D eigenvalue weighted by molar-refractivity contribution is -0.274. The number of nitrogens with zero attached hydrogens (tertiary/aromatic N) is 3. The second kappa shape index (κ2) is 8.59. The zero-order valence-corrected chi connectivity index (χ0v) is 15.4. The van der Waals surface area contributed by atoms with E-state index in [0.29, 0.717) is 12.4 Å².